The summed E-state index contributed by atoms with van der Waals surface area (Å²) in [5, 5.41) is 0. The van der Waals surface area contributed by atoms with Crippen LogP contribution in [0.3, 0.4) is 0 Å². The molecular formula is C12H20S2. The fourth-order valence-corrected chi connectivity index (χ4v) is 6.84. The standard InChI is InChI=1S/C12H20S2/c1-2-9-6-10(3-1)8-11(7-9)12-13-4-5-14-12/h9-12H,1-8H2. The highest BCUT2D eigenvalue weighted by Gasteiger charge is 2.36. The first kappa shape index (κ1) is 9.89. The van der Waals surface area contributed by atoms with Gasteiger partial charge in [0.25, 0.3) is 0 Å². The first-order valence-electron chi connectivity index (χ1n) is 6.15. The lowest BCUT2D eigenvalue weighted by Gasteiger charge is -2.40. The summed E-state index contributed by atoms with van der Waals surface area (Å²) in [6.07, 6.45) is 9.36. The van der Waals surface area contributed by atoms with Crippen molar-refractivity contribution in [3.8, 4) is 0 Å². The van der Waals surface area contributed by atoms with Crippen LogP contribution in [0.15, 0.2) is 0 Å². The van der Waals surface area contributed by atoms with E-state index in [1.165, 1.54) is 17.9 Å². The molecule has 2 saturated carbocycles. The second-order valence-corrected chi connectivity index (χ2v) is 8.04. The van der Waals surface area contributed by atoms with Crippen LogP contribution in [0.1, 0.15) is 38.5 Å². The van der Waals surface area contributed by atoms with Gasteiger partial charge in [-0.25, -0.2) is 0 Å². The Morgan fingerprint density at radius 1 is 0.786 bits per heavy atom. The topological polar surface area (TPSA) is 0 Å². The second-order valence-electron chi connectivity index (χ2n) is 5.24. The van der Waals surface area contributed by atoms with E-state index >= 15 is 0 Å². The van der Waals surface area contributed by atoms with Crippen molar-refractivity contribution in [1.29, 1.82) is 0 Å². The van der Waals surface area contributed by atoms with Gasteiger partial charge in [0, 0.05) is 11.5 Å². The van der Waals surface area contributed by atoms with Crippen LogP contribution in [0.4, 0.5) is 0 Å². The van der Waals surface area contributed by atoms with Gasteiger partial charge in [0.1, 0.15) is 0 Å². The number of hydrogen-bond donors (Lipinski definition) is 0. The molecule has 1 aliphatic heterocycles. The van der Waals surface area contributed by atoms with Crippen LogP contribution in [0.5, 0.6) is 0 Å². The molecule has 0 spiro atoms. The van der Waals surface area contributed by atoms with Crippen molar-refractivity contribution < 1.29 is 0 Å². The van der Waals surface area contributed by atoms with Crippen molar-refractivity contribution >= 4 is 23.5 Å². The third-order valence-corrected chi connectivity index (χ3v) is 7.58. The molecule has 0 radical (unpaired) electrons. The Balaban J connectivity index is 1.64. The molecule has 0 aromatic carbocycles. The van der Waals surface area contributed by atoms with E-state index in [0.29, 0.717) is 0 Å². The van der Waals surface area contributed by atoms with Gasteiger partial charge in [0.2, 0.25) is 0 Å². The molecule has 2 aliphatic carbocycles. The molecule has 3 fully saturated rings. The summed E-state index contributed by atoms with van der Waals surface area (Å²) in [6.45, 7) is 0. The van der Waals surface area contributed by atoms with Gasteiger partial charge in [-0.1, -0.05) is 19.3 Å². The molecule has 2 unspecified atom stereocenters. The predicted octanol–water partition coefficient (Wildman–Crippen LogP) is 4.01. The summed E-state index contributed by atoms with van der Waals surface area (Å²) < 4.78 is 0.985. The SMILES string of the molecule is C1CC2CC(C1)CC(C1SCCS1)C2. The van der Waals surface area contributed by atoms with Crippen molar-refractivity contribution in [3.05, 3.63) is 0 Å². The maximum Gasteiger partial charge on any atom is 0.0531 e. The van der Waals surface area contributed by atoms with E-state index < -0.39 is 0 Å². The summed E-state index contributed by atoms with van der Waals surface area (Å²) in [5.41, 5.74) is 0. The fourth-order valence-electron chi connectivity index (χ4n) is 3.65. The lowest BCUT2D eigenvalue weighted by atomic mass is 9.68. The third-order valence-electron chi connectivity index (χ3n) is 4.20. The van der Waals surface area contributed by atoms with Crippen molar-refractivity contribution in [2.75, 3.05) is 11.5 Å². The van der Waals surface area contributed by atoms with Crippen LogP contribution in [-0.4, -0.2) is 16.1 Å². The average molecular weight is 228 g/mol. The predicted molar refractivity (Wildman–Crippen MR) is 66.9 cm³/mol. The molecule has 80 valence electrons. The number of rotatable bonds is 1. The third kappa shape index (κ3) is 1.97. The largest absolute Gasteiger partial charge is 0.146 e. The van der Waals surface area contributed by atoms with Crippen LogP contribution in [0.2, 0.25) is 0 Å². The number of fused-ring (bicyclic) bond motifs is 2. The molecule has 14 heavy (non-hydrogen) atoms. The van der Waals surface area contributed by atoms with Gasteiger partial charge in [-0.3, -0.25) is 0 Å². The van der Waals surface area contributed by atoms with Crippen LogP contribution >= 0.6 is 23.5 Å². The zero-order valence-corrected chi connectivity index (χ0v) is 10.4. The van der Waals surface area contributed by atoms with Gasteiger partial charge in [0.15, 0.2) is 0 Å². The van der Waals surface area contributed by atoms with Gasteiger partial charge in [0.05, 0.1) is 4.58 Å². The van der Waals surface area contributed by atoms with E-state index in [1.54, 1.807) is 32.1 Å². The molecule has 0 N–H and O–H groups in total. The maximum absolute atomic E-state index is 2.25. The molecule has 0 aromatic heterocycles. The van der Waals surface area contributed by atoms with Crippen molar-refractivity contribution in [1.82, 2.24) is 0 Å². The average Bonchev–Trinajstić information content (AvgIpc) is 2.69. The summed E-state index contributed by atoms with van der Waals surface area (Å²) in [4.78, 5) is 0. The van der Waals surface area contributed by atoms with Gasteiger partial charge >= 0.3 is 0 Å². The van der Waals surface area contributed by atoms with Gasteiger partial charge in [-0.2, -0.15) is 0 Å². The molecule has 1 heterocycles. The molecule has 2 heteroatoms. The minimum Gasteiger partial charge on any atom is -0.146 e. The molecule has 1 saturated heterocycles. The molecule has 0 nitrogen and oxygen atoms in total. The molecular weight excluding hydrogens is 208 g/mol. The lowest BCUT2D eigenvalue weighted by Crippen LogP contribution is -2.30. The first-order valence-corrected chi connectivity index (χ1v) is 8.25. The van der Waals surface area contributed by atoms with E-state index in [2.05, 4.69) is 23.5 Å². The Morgan fingerprint density at radius 3 is 2.07 bits per heavy atom. The van der Waals surface area contributed by atoms with Crippen LogP contribution in [0.25, 0.3) is 0 Å². The Morgan fingerprint density at radius 2 is 1.43 bits per heavy atom. The van der Waals surface area contributed by atoms with Gasteiger partial charge in [-0.05, 0) is 37.0 Å². The van der Waals surface area contributed by atoms with E-state index in [4.69, 9.17) is 0 Å². The molecule has 0 aromatic rings. The number of hydrogen-bond acceptors (Lipinski definition) is 2. The highest BCUT2D eigenvalue weighted by molar-refractivity contribution is 8.20. The van der Waals surface area contributed by atoms with Crippen molar-refractivity contribution in [3.63, 3.8) is 0 Å². The highest BCUT2D eigenvalue weighted by Crippen LogP contribution is 2.49. The van der Waals surface area contributed by atoms with Crippen LogP contribution in [0, 0.1) is 17.8 Å². The monoisotopic (exact) mass is 228 g/mol. The lowest BCUT2D eigenvalue weighted by molar-refractivity contribution is 0.145. The Labute approximate surface area is 96.0 Å². The van der Waals surface area contributed by atoms with Crippen LogP contribution in [-0.2, 0) is 0 Å². The fraction of sp³-hybridized carbons (Fsp3) is 1.00. The second kappa shape index (κ2) is 4.29. The summed E-state index contributed by atoms with van der Waals surface area (Å²) in [6, 6.07) is 0. The van der Waals surface area contributed by atoms with E-state index in [9.17, 15) is 0 Å². The Bertz CT molecular complexity index is 186. The zero-order chi connectivity index (χ0) is 9.38. The molecule has 3 aliphatic rings. The van der Waals surface area contributed by atoms with Gasteiger partial charge < -0.3 is 0 Å². The molecule has 2 atom stereocenters. The minimum atomic E-state index is 0.985. The summed E-state index contributed by atoms with van der Waals surface area (Å²) in [7, 11) is 0. The normalized spacial score (nSPS) is 44.1. The Kier molecular flexibility index (Phi) is 3.03. The number of thioether (sulfide) groups is 2. The van der Waals surface area contributed by atoms with E-state index in [1.807, 2.05) is 0 Å². The van der Waals surface area contributed by atoms with E-state index in [0.717, 1.165) is 22.3 Å². The smallest absolute Gasteiger partial charge is 0.0531 e. The minimum absolute atomic E-state index is 0.985. The quantitative estimate of drug-likeness (QED) is 0.665. The van der Waals surface area contributed by atoms with E-state index in [-0.39, 0.29) is 0 Å². The van der Waals surface area contributed by atoms with Gasteiger partial charge in [-0.15, -0.1) is 23.5 Å². The highest BCUT2D eigenvalue weighted by atomic mass is 32.2. The maximum atomic E-state index is 2.25. The van der Waals surface area contributed by atoms with Crippen LogP contribution < -0.4 is 0 Å². The first-order chi connectivity index (χ1) is 6.92. The van der Waals surface area contributed by atoms with Crippen molar-refractivity contribution in [2.45, 2.75) is 43.1 Å². The summed E-state index contributed by atoms with van der Waals surface area (Å²) in [5.74, 6) is 6.16. The zero-order valence-electron chi connectivity index (χ0n) is 8.78. The Hall–Kier alpha value is 0.700. The van der Waals surface area contributed by atoms with Crippen molar-refractivity contribution in [2.24, 2.45) is 17.8 Å². The molecule has 0 amide bonds. The molecule has 3 rings (SSSR count). The molecule has 2 bridgehead atoms. The summed E-state index contributed by atoms with van der Waals surface area (Å²) >= 11 is 4.50.